The summed E-state index contributed by atoms with van der Waals surface area (Å²) in [5.74, 6) is 0.243. The third-order valence-corrected chi connectivity index (χ3v) is 7.87. The number of fused-ring (bicyclic) bond motifs is 3. The molecule has 2 saturated carbocycles. The Balaban J connectivity index is 1.50. The van der Waals surface area contributed by atoms with E-state index in [1.54, 1.807) is 0 Å². The van der Waals surface area contributed by atoms with Crippen molar-refractivity contribution in [3.63, 3.8) is 0 Å². The van der Waals surface area contributed by atoms with Gasteiger partial charge in [-0.25, -0.2) is 4.79 Å². The minimum absolute atomic E-state index is 0.00556. The Hall–Kier alpha value is -2.08. The van der Waals surface area contributed by atoms with Gasteiger partial charge in [-0.1, -0.05) is 31.5 Å². The van der Waals surface area contributed by atoms with E-state index in [0.29, 0.717) is 18.5 Å². The maximum Gasteiger partial charge on any atom is 0.411 e. The molecular formula is C23H31NO5. The molecule has 1 heterocycles. The Morgan fingerprint density at radius 3 is 2.66 bits per heavy atom. The maximum absolute atomic E-state index is 12.6. The van der Waals surface area contributed by atoms with Crippen LogP contribution in [0.4, 0.5) is 10.5 Å². The van der Waals surface area contributed by atoms with E-state index in [0.717, 1.165) is 24.8 Å². The zero-order valence-electron chi connectivity index (χ0n) is 17.4. The Labute approximate surface area is 172 Å². The maximum atomic E-state index is 12.6. The molecule has 0 bridgehead atoms. The minimum Gasteiger partial charge on any atom is -0.462 e. The first-order valence-electron chi connectivity index (χ1n) is 10.6. The molecule has 1 aromatic carbocycles. The topological polar surface area (TPSA) is 84.9 Å². The van der Waals surface area contributed by atoms with Crippen LogP contribution in [0.3, 0.4) is 0 Å². The Morgan fingerprint density at radius 1 is 1.24 bits per heavy atom. The Morgan fingerprint density at radius 2 is 1.97 bits per heavy atom. The van der Waals surface area contributed by atoms with Crippen molar-refractivity contribution in [1.29, 1.82) is 0 Å². The summed E-state index contributed by atoms with van der Waals surface area (Å²) < 4.78 is 11.4. The standard InChI is InChI=1S/C23H31NO5/c1-14-4-6-15(7-5-14)24-21(27)29-19-10-11-22(2)16-12-20(26)28-17(16)8-9-18(22)23(19,3)13-25/h4-7,16-19,25H,8-13H2,1-3H3,(H,24,27)/t16-,17-,18-,19-,22+,23+/m1/s1. The quantitative estimate of drug-likeness (QED) is 0.747. The van der Waals surface area contributed by atoms with E-state index in [-0.39, 0.29) is 42.0 Å². The zero-order chi connectivity index (χ0) is 20.8. The summed E-state index contributed by atoms with van der Waals surface area (Å²) in [6, 6.07) is 7.56. The van der Waals surface area contributed by atoms with Crippen LogP contribution in [0.2, 0.25) is 0 Å². The van der Waals surface area contributed by atoms with E-state index in [1.807, 2.05) is 38.1 Å². The van der Waals surface area contributed by atoms with E-state index < -0.39 is 11.5 Å². The number of benzene rings is 1. The van der Waals surface area contributed by atoms with Gasteiger partial charge in [0.1, 0.15) is 12.2 Å². The zero-order valence-corrected chi connectivity index (χ0v) is 17.4. The normalized spacial score (nSPS) is 38.6. The lowest BCUT2D eigenvalue weighted by Gasteiger charge is -2.59. The molecule has 0 aromatic heterocycles. The smallest absolute Gasteiger partial charge is 0.411 e. The first-order valence-corrected chi connectivity index (χ1v) is 10.6. The number of aryl methyl sites for hydroxylation is 1. The van der Waals surface area contributed by atoms with Crippen LogP contribution in [-0.4, -0.2) is 36.0 Å². The first kappa shape index (κ1) is 20.2. The number of hydrogen-bond donors (Lipinski definition) is 2. The van der Waals surface area contributed by atoms with Gasteiger partial charge in [-0.05, 0) is 56.1 Å². The van der Waals surface area contributed by atoms with Crippen LogP contribution in [0.25, 0.3) is 0 Å². The molecule has 1 aliphatic heterocycles. The van der Waals surface area contributed by atoms with Crippen LogP contribution in [0, 0.1) is 29.6 Å². The van der Waals surface area contributed by atoms with Crippen molar-refractivity contribution in [1.82, 2.24) is 0 Å². The highest BCUT2D eigenvalue weighted by molar-refractivity contribution is 5.84. The molecule has 29 heavy (non-hydrogen) atoms. The third kappa shape index (κ3) is 3.41. The van der Waals surface area contributed by atoms with Gasteiger partial charge in [0, 0.05) is 17.0 Å². The summed E-state index contributed by atoms with van der Waals surface area (Å²) >= 11 is 0. The summed E-state index contributed by atoms with van der Waals surface area (Å²) in [6.45, 7) is 6.19. The second kappa shape index (κ2) is 7.31. The molecule has 1 saturated heterocycles. The van der Waals surface area contributed by atoms with Crippen LogP contribution >= 0.6 is 0 Å². The van der Waals surface area contributed by atoms with Gasteiger partial charge in [0.15, 0.2) is 0 Å². The summed E-state index contributed by atoms with van der Waals surface area (Å²) in [4.78, 5) is 24.5. The molecule has 1 aromatic rings. The molecule has 2 N–H and O–H groups in total. The highest BCUT2D eigenvalue weighted by atomic mass is 16.6. The number of rotatable bonds is 3. The average Bonchev–Trinajstić information content (AvgIpc) is 3.08. The SMILES string of the molecule is Cc1ccc(NC(=O)O[C@@H]2CC[C@]3(C)[C@@H](CC[C@H]4OC(=O)C[C@H]43)[C@]2(C)CO)cc1. The van der Waals surface area contributed by atoms with Crippen molar-refractivity contribution in [2.45, 2.75) is 65.1 Å². The lowest BCUT2D eigenvalue weighted by Crippen LogP contribution is -2.59. The minimum atomic E-state index is -0.547. The highest BCUT2D eigenvalue weighted by Gasteiger charge is 2.62. The van der Waals surface area contributed by atoms with E-state index >= 15 is 0 Å². The summed E-state index contributed by atoms with van der Waals surface area (Å²) in [5.41, 5.74) is 1.16. The molecule has 3 fully saturated rings. The molecule has 2 aliphatic carbocycles. The van der Waals surface area contributed by atoms with Crippen LogP contribution < -0.4 is 5.32 Å². The number of ether oxygens (including phenoxy) is 2. The van der Waals surface area contributed by atoms with Gasteiger partial charge in [-0.2, -0.15) is 0 Å². The van der Waals surface area contributed by atoms with Gasteiger partial charge < -0.3 is 14.6 Å². The van der Waals surface area contributed by atoms with Gasteiger partial charge in [0.05, 0.1) is 13.0 Å². The predicted octanol–water partition coefficient (Wildman–Crippen LogP) is 4.05. The molecule has 1 amide bonds. The molecule has 6 atom stereocenters. The molecule has 0 unspecified atom stereocenters. The van der Waals surface area contributed by atoms with Crippen LogP contribution in [0.15, 0.2) is 24.3 Å². The Bertz CT molecular complexity index is 793. The monoisotopic (exact) mass is 401 g/mol. The van der Waals surface area contributed by atoms with E-state index in [4.69, 9.17) is 9.47 Å². The molecule has 6 nitrogen and oxygen atoms in total. The fourth-order valence-electron chi connectivity index (χ4n) is 6.20. The number of esters is 1. The number of anilines is 1. The van der Waals surface area contributed by atoms with Crippen LogP contribution in [0.1, 0.15) is 51.5 Å². The van der Waals surface area contributed by atoms with Crippen molar-refractivity contribution in [2.24, 2.45) is 22.7 Å². The molecule has 158 valence electrons. The fourth-order valence-corrected chi connectivity index (χ4v) is 6.20. The third-order valence-electron chi connectivity index (χ3n) is 7.87. The number of carbonyl (C=O) groups is 2. The summed E-state index contributed by atoms with van der Waals surface area (Å²) in [5, 5.41) is 13.2. The summed E-state index contributed by atoms with van der Waals surface area (Å²) in [7, 11) is 0. The second-order valence-corrected chi connectivity index (χ2v) is 9.56. The largest absolute Gasteiger partial charge is 0.462 e. The molecular weight excluding hydrogens is 370 g/mol. The second-order valence-electron chi connectivity index (χ2n) is 9.56. The van der Waals surface area contributed by atoms with E-state index in [2.05, 4.69) is 12.2 Å². The number of hydrogen-bond acceptors (Lipinski definition) is 5. The number of aliphatic hydroxyl groups excluding tert-OH is 1. The predicted molar refractivity (Wildman–Crippen MR) is 108 cm³/mol. The van der Waals surface area contributed by atoms with Crippen molar-refractivity contribution in [2.75, 3.05) is 11.9 Å². The van der Waals surface area contributed by atoms with Gasteiger partial charge in [-0.3, -0.25) is 10.1 Å². The van der Waals surface area contributed by atoms with Gasteiger partial charge in [0.2, 0.25) is 0 Å². The van der Waals surface area contributed by atoms with Crippen molar-refractivity contribution >= 4 is 17.7 Å². The molecule has 4 rings (SSSR count). The summed E-state index contributed by atoms with van der Waals surface area (Å²) in [6.07, 6.45) is 2.79. The van der Waals surface area contributed by atoms with E-state index in [9.17, 15) is 14.7 Å². The highest BCUT2D eigenvalue weighted by Crippen LogP contribution is 2.62. The van der Waals surface area contributed by atoms with Crippen molar-refractivity contribution < 1.29 is 24.2 Å². The fraction of sp³-hybridized carbons (Fsp3) is 0.652. The number of aliphatic hydroxyl groups is 1. The molecule has 3 aliphatic rings. The number of nitrogens with one attached hydrogen (secondary N) is 1. The van der Waals surface area contributed by atoms with Crippen molar-refractivity contribution in [3.8, 4) is 0 Å². The number of amides is 1. The first-order chi connectivity index (χ1) is 13.8. The molecule has 6 heteroatoms. The Kier molecular flexibility index (Phi) is 5.09. The van der Waals surface area contributed by atoms with Gasteiger partial charge in [-0.15, -0.1) is 0 Å². The van der Waals surface area contributed by atoms with Gasteiger partial charge >= 0.3 is 12.1 Å². The molecule has 0 radical (unpaired) electrons. The van der Waals surface area contributed by atoms with E-state index in [1.165, 1.54) is 0 Å². The van der Waals surface area contributed by atoms with Crippen molar-refractivity contribution in [3.05, 3.63) is 29.8 Å². The van der Waals surface area contributed by atoms with Gasteiger partial charge in [0.25, 0.3) is 0 Å². The molecule has 0 spiro atoms. The average molecular weight is 402 g/mol. The number of carbonyl (C=O) groups excluding carboxylic acids is 2. The lowest BCUT2D eigenvalue weighted by molar-refractivity contribution is -0.174. The van der Waals surface area contributed by atoms with Crippen LogP contribution in [0.5, 0.6) is 0 Å². The lowest BCUT2D eigenvalue weighted by atomic mass is 9.46. The van der Waals surface area contributed by atoms with Crippen LogP contribution in [-0.2, 0) is 14.3 Å².